The molecule has 1 aliphatic rings. The standard InChI is InChI=1S/C7H14O3/c1-10-7-4-5(8)2-3-6(7)9/h5-9H,2-4H2,1H3/t5-,6?,7?/m1/s1. The maximum Gasteiger partial charge on any atom is 0.0854 e. The molecule has 10 heavy (non-hydrogen) atoms. The summed E-state index contributed by atoms with van der Waals surface area (Å²) in [5.41, 5.74) is 0. The Morgan fingerprint density at radius 1 is 1.30 bits per heavy atom. The first kappa shape index (κ1) is 7.98. The van der Waals surface area contributed by atoms with Gasteiger partial charge in [0.15, 0.2) is 0 Å². The Morgan fingerprint density at radius 3 is 2.50 bits per heavy atom. The van der Waals surface area contributed by atoms with Crippen molar-refractivity contribution in [2.24, 2.45) is 0 Å². The van der Waals surface area contributed by atoms with Gasteiger partial charge in [-0.15, -0.1) is 0 Å². The summed E-state index contributed by atoms with van der Waals surface area (Å²) < 4.78 is 4.96. The van der Waals surface area contributed by atoms with Crippen molar-refractivity contribution in [1.29, 1.82) is 0 Å². The van der Waals surface area contributed by atoms with E-state index in [1.807, 2.05) is 0 Å². The molecule has 0 spiro atoms. The van der Waals surface area contributed by atoms with Crippen LogP contribution in [0.4, 0.5) is 0 Å². The second-order valence-electron chi connectivity index (χ2n) is 2.81. The van der Waals surface area contributed by atoms with Crippen molar-refractivity contribution >= 4 is 0 Å². The Balaban J connectivity index is 2.38. The fourth-order valence-corrected chi connectivity index (χ4v) is 1.35. The first-order chi connectivity index (χ1) is 4.74. The number of methoxy groups -OCH3 is 1. The van der Waals surface area contributed by atoms with Crippen LogP contribution in [-0.4, -0.2) is 35.6 Å². The molecule has 3 atom stereocenters. The van der Waals surface area contributed by atoms with Gasteiger partial charge in [-0.05, 0) is 12.8 Å². The summed E-state index contributed by atoms with van der Waals surface area (Å²) in [4.78, 5) is 0. The lowest BCUT2D eigenvalue weighted by Gasteiger charge is -2.29. The second-order valence-corrected chi connectivity index (χ2v) is 2.81. The van der Waals surface area contributed by atoms with Crippen molar-refractivity contribution in [3.8, 4) is 0 Å². The van der Waals surface area contributed by atoms with E-state index in [1.165, 1.54) is 0 Å². The molecule has 3 nitrogen and oxygen atoms in total. The third-order valence-electron chi connectivity index (χ3n) is 2.03. The molecule has 0 saturated heterocycles. The summed E-state index contributed by atoms with van der Waals surface area (Å²) in [5.74, 6) is 0. The monoisotopic (exact) mass is 146 g/mol. The van der Waals surface area contributed by atoms with Gasteiger partial charge in [-0.3, -0.25) is 0 Å². The van der Waals surface area contributed by atoms with E-state index >= 15 is 0 Å². The molecule has 2 N–H and O–H groups in total. The van der Waals surface area contributed by atoms with Crippen LogP contribution < -0.4 is 0 Å². The third kappa shape index (κ3) is 1.68. The summed E-state index contributed by atoms with van der Waals surface area (Å²) in [6.45, 7) is 0. The smallest absolute Gasteiger partial charge is 0.0854 e. The van der Waals surface area contributed by atoms with Crippen LogP contribution >= 0.6 is 0 Å². The molecule has 1 aliphatic carbocycles. The summed E-state index contributed by atoms with van der Waals surface area (Å²) in [6, 6.07) is 0. The van der Waals surface area contributed by atoms with Crippen molar-refractivity contribution in [1.82, 2.24) is 0 Å². The molecule has 2 unspecified atom stereocenters. The van der Waals surface area contributed by atoms with Gasteiger partial charge in [-0.25, -0.2) is 0 Å². The van der Waals surface area contributed by atoms with Gasteiger partial charge < -0.3 is 14.9 Å². The Bertz CT molecular complexity index is 105. The van der Waals surface area contributed by atoms with Gasteiger partial charge in [0.25, 0.3) is 0 Å². The molecule has 0 radical (unpaired) electrons. The zero-order valence-corrected chi connectivity index (χ0v) is 6.16. The minimum Gasteiger partial charge on any atom is -0.393 e. The van der Waals surface area contributed by atoms with E-state index in [9.17, 15) is 5.11 Å². The molecule has 0 aliphatic heterocycles. The maximum atomic E-state index is 9.25. The van der Waals surface area contributed by atoms with E-state index in [1.54, 1.807) is 7.11 Å². The first-order valence-corrected chi connectivity index (χ1v) is 3.63. The number of hydrogen-bond donors (Lipinski definition) is 2. The molecule has 0 bridgehead atoms. The molecule has 1 saturated carbocycles. The fraction of sp³-hybridized carbons (Fsp3) is 1.00. The second kappa shape index (κ2) is 3.32. The minimum absolute atomic E-state index is 0.163. The Hall–Kier alpha value is -0.120. The molecule has 60 valence electrons. The van der Waals surface area contributed by atoms with Crippen LogP contribution in [0.5, 0.6) is 0 Å². The topological polar surface area (TPSA) is 49.7 Å². The Morgan fingerprint density at radius 2 is 2.00 bits per heavy atom. The summed E-state index contributed by atoms with van der Waals surface area (Å²) in [6.07, 6.45) is 1.09. The molecule has 1 rings (SSSR count). The van der Waals surface area contributed by atoms with Crippen LogP contribution in [0.3, 0.4) is 0 Å². The molecular formula is C7H14O3. The van der Waals surface area contributed by atoms with Gasteiger partial charge in [0.1, 0.15) is 0 Å². The van der Waals surface area contributed by atoms with Crippen LogP contribution in [0, 0.1) is 0 Å². The van der Waals surface area contributed by atoms with E-state index in [2.05, 4.69) is 0 Å². The SMILES string of the molecule is COC1C[C@H](O)CCC1O. The quantitative estimate of drug-likeness (QED) is 0.543. The first-order valence-electron chi connectivity index (χ1n) is 3.63. The van der Waals surface area contributed by atoms with Crippen LogP contribution in [0.15, 0.2) is 0 Å². The van der Waals surface area contributed by atoms with Gasteiger partial charge in [-0.2, -0.15) is 0 Å². The fourth-order valence-electron chi connectivity index (χ4n) is 1.35. The van der Waals surface area contributed by atoms with Gasteiger partial charge >= 0.3 is 0 Å². The lowest BCUT2D eigenvalue weighted by atomic mass is 9.92. The van der Waals surface area contributed by atoms with Crippen LogP contribution in [-0.2, 0) is 4.74 Å². The van der Waals surface area contributed by atoms with E-state index in [4.69, 9.17) is 9.84 Å². The van der Waals surface area contributed by atoms with E-state index in [0.717, 1.165) is 0 Å². The lowest BCUT2D eigenvalue weighted by molar-refractivity contribution is -0.0699. The highest BCUT2D eigenvalue weighted by molar-refractivity contribution is 4.79. The average molecular weight is 146 g/mol. The van der Waals surface area contributed by atoms with Gasteiger partial charge in [0.2, 0.25) is 0 Å². The molecule has 0 amide bonds. The number of ether oxygens (including phenoxy) is 1. The zero-order chi connectivity index (χ0) is 7.56. The van der Waals surface area contributed by atoms with Crippen molar-refractivity contribution < 1.29 is 14.9 Å². The van der Waals surface area contributed by atoms with Crippen LogP contribution in [0.1, 0.15) is 19.3 Å². The number of hydrogen-bond acceptors (Lipinski definition) is 3. The maximum absolute atomic E-state index is 9.25. The summed E-state index contributed by atoms with van der Waals surface area (Å²) in [7, 11) is 1.56. The molecular weight excluding hydrogens is 132 g/mol. The normalized spacial score (nSPS) is 41.7. The molecule has 0 aromatic heterocycles. The van der Waals surface area contributed by atoms with Gasteiger partial charge in [-0.1, -0.05) is 0 Å². The van der Waals surface area contributed by atoms with E-state index in [0.29, 0.717) is 19.3 Å². The average Bonchev–Trinajstić information content (AvgIpc) is 1.94. The summed E-state index contributed by atoms with van der Waals surface area (Å²) in [5, 5.41) is 18.4. The van der Waals surface area contributed by atoms with Crippen molar-refractivity contribution in [3.63, 3.8) is 0 Å². The van der Waals surface area contributed by atoms with Gasteiger partial charge in [0.05, 0.1) is 18.3 Å². The zero-order valence-electron chi connectivity index (χ0n) is 6.16. The van der Waals surface area contributed by atoms with Crippen molar-refractivity contribution in [2.45, 2.75) is 37.6 Å². The summed E-state index contributed by atoms with van der Waals surface area (Å²) >= 11 is 0. The largest absolute Gasteiger partial charge is 0.393 e. The van der Waals surface area contributed by atoms with Crippen molar-refractivity contribution in [2.75, 3.05) is 7.11 Å². The predicted octanol–water partition coefficient (Wildman–Crippen LogP) is -0.0929. The molecule has 0 heterocycles. The van der Waals surface area contributed by atoms with Crippen molar-refractivity contribution in [3.05, 3.63) is 0 Å². The molecule has 3 heteroatoms. The van der Waals surface area contributed by atoms with Crippen LogP contribution in [0.25, 0.3) is 0 Å². The molecule has 0 aromatic rings. The lowest BCUT2D eigenvalue weighted by Crippen LogP contribution is -2.37. The number of aliphatic hydroxyl groups excluding tert-OH is 2. The Labute approximate surface area is 60.6 Å². The minimum atomic E-state index is -0.381. The van der Waals surface area contributed by atoms with E-state index < -0.39 is 0 Å². The number of aliphatic hydroxyl groups is 2. The number of rotatable bonds is 1. The highest BCUT2D eigenvalue weighted by atomic mass is 16.5. The van der Waals surface area contributed by atoms with E-state index in [-0.39, 0.29) is 18.3 Å². The van der Waals surface area contributed by atoms with Gasteiger partial charge in [0, 0.05) is 13.5 Å². The third-order valence-corrected chi connectivity index (χ3v) is 2.03. The Kier molecular flexibility index (Phi) is 2.65. The highest BCUT2D eigenvalue weighted by Gasteiger charge is 2.27. The highest BCUT2D eigenvalue weighted by Crippen LogP contribution is 2.20. The van der Waals surface area contributed by atoms with Crippen LogP contribution in [0.2, 0.25) is 0 Å². The molecule has 0 aromatic carbocycles. The molecule has 1 fully saturated rings. The predicted molar refractivity (Wildman–Crippen MR) is 36.7 cm³/mol.